The van der Waals surface area contributed by atoms with Crippen molar-refractivity contribution < 1.29 is 4.79 Å². The van der Waals surface area contributed by atoms with Gasteiger partial charge in [0.15, 0.2) is 0 Å². The van der Waals surface area contributed by atoms with Crippen molar-refractivity contribution in [3.63, 3.8) is 0 Å². The molecule has 0 unspecified atom stereocenters. The van der Waals surface area contributed by atoms with Gasteiger partial charge in [0.1, 0.15) is 5.82 Å². The van der Waals surface area contributed by atoms with E-state index < -0.39 is 0 Å². The predicted octanol–water partition coefficient (Wildman–Crippen LogP) is 1.21. The van der Waals surface area contributed by atoms with Crippen LogP contribution in [-0.4, -0.2) is 38.6 Å². The van der Waals surface area contributed by atoms with Crippen molar-refractivity contribution in [2.45, 2.75) is 57.9 Å². The number of aromatic nitrogens is 3. The molecule has 1 fully saturated rings. The van der Waals surface area contributed by atoms with Crippen molar-refractivity contribution in [2.75, 3.05) is 6.54 Å². The molecule has 0 aliphatic heterocycles. The van der Waals surface area contributed by atoms with Crippen LogP contribution in [0.15, 0.2) is 4.79 Å². The molecule has 1 aromatic heterocycles. The molecule has 0 atom stereocenters. The van der Waals surface area contributed by atoms with Crippen LogP contribution in [0.25, 0.3) is 0 Å². The van der Waals surface area contributed by atoms with Crippen LogP contribution in [0.3, 0.4) is 0 Å². The Morgan fingerprint density at radius 2 is 2.16 bits per heavy atom. The molecule has 19 heavy (non-hydrogen) atoms. The molecule has 0 saturated heterocycles. The molecule has 1 aliphatic rings. The normalized spacial score (nSPS) is 15.8. The number of rotatable bonds is 6. The topological polar surface area (TPSA) is 81.8 Å². The molecule has 0 bridgehead atoms. The Morgan fingerprint density at radius 1 is 1.42 bits per heavy atom. The third-order valence-corrected chi connectivity index (χ3v) is 3.71. The van der Waals surface area contributed by atoms with Gasteiger partial charge in [0.2, 0.25) is 5.91 Å². The summed E-state index contributed by atoms with van der Waals surface area (Å²) in [4.78, 5) is 27.9. The highest BCUT2D eigenvalue weighted by Crippen LogP contribution is 2.24. The molecule has 1 amide bonds. The SMILES string of the molecule is CCCCN(C(=O)Cc1n[nH]c(=O)[nH]1)C1CCCC1. The van der Waals surface area contributed by atoms with E-state index in [1.807, 2.05) is 4.90 Å². The summed E-state index contributed by atoms with van der Waals surface area (Å²) >= 11 is 0. The maximum atomic E-state index is 12.4. The van der Waals surface area contributed by atoms with E-state index in [1.54, 1.807) is 0 Å². The van der Waals surface area contributed by atoms with Crippen molar-refractivity contribution in [1.29, 1.82) is 0 Å². The maximum absolute atomic E-state index is 12.4. The van der Waals surface area contributed by atoms with Crippen LogP contribution in [0.4, 0.5) is 0 Å². The van der Waals surface area contributed by atoms with Crippen LogP contribution in [-0.2, 0) is 11.2 Å². The minimum absolute atomic E-state index is 0.0723. The number of hydrogen-bond acceptors (Lipinski definition) is 3. The summed E-state index contributed by atoms with van der Waals surface area (Å²) in [7, 11) is 0. The zero-order chi connectivity index (χ0) is 13.7. The van der Waals surface area contributed by atoms with E-state index in [2.05, 4.69) is 22.1 Å². The summed E-state index contributed by atoms with van der Waals surface area (Å²) < 4.78 is 0. The lowest BCUT2D eigenvalue weighted by Crippen LogP contribution is -2.40. The molecule has 2 N–H and O–H groups in total. The quantitative estimate of drug-likeness (QED) is 0.812. The zero-order valence-electron chi connectivity index (χ0n) is 11.4. The summed E-state index contributed by atoms with van der Waals surface area (Å²) in [5, 5.41) is 6.10. The van der Waals surface area contributed by atoms with Crippen molar-refractivity contribution in [3.05, 3.63) is 16.3 Å². The van der Waals surface area contributed by atoms with Crippen LogP contribution in [0.5, 0.6) is 0 Å². The van der Waals surface area contributed by atoms with Gasteiger partial charge in [0.05, 0.1) is 6.42 Å². The zero-order valence-corrected chi connectivity index (χ0v) is 11.4. The van der Waals surface area contributed by atoms with E-state index in [0.29, 0.717) is 11.9 Å². The first-order chi connectivity index (χ1) is 9.20. The Bertz CT molecular complexity index is 459. The molecular weight excluding hydrogens is 244 g/mol. The summed E-state index contributed by atoms with van der Waals surface area (Å²) in [5.41, 5.74) is -0.358. The Kier molecular flexibility index (Phi) is 4.76. The first-order valence-electron chi connectivity index (χ1n) is 7.13. The van der Waals surface area contributed by atoms with Gasteiger partial charge in [-0.1, -0.05) is 26.2 Å². The first kappa shape index (κ1) is 13.8. The number of hydrogen-bond donors (Lipinski definition) is 2. The van der Waals surface area contributed by atoms with Crippen LogP contribution >= 0.6 is 0 Å². The van der Waals surface area contributed by atoms with E-state index in [0.717, 1.165) is 32.2 Å². The van der Waals surface area contributed by atoms with Crippen LogP contribution in [0, 0.1) is 0 Å². The Balaban J connectivity index is 1.99. The molecule has 1 saturated carbocycles. The summed E-state index contributed by atoms with van der Waals surface area (Å²) in [6, 6.07) is 0.379. The fourth-order valence-electron chi connectivity index (χ4n) is 2.69. The number of unbranched alkanes of at least 4 members (excludes halogenated alkanes) is 1. The van der Waals surface area contributed by atoms with Crippen LogP contribution < -0.4 is 5.69 Å². The molecule has 1 aliphatic carbocycles. The van der Waals surface area contributed by atoms with Crippen LogP contribution in [0.2, 0.25) is 0 Å². The van der Waals surface area contributed by atoms with Crippen molar-refractivity contribution in [2.24, 2.45) is 0 Å². The third kappa shape index (κ3) is 3.68. The second-order valence-electron chi connectivity index (χ2n) is 5.18. The summed E-state index contributed by atoms with van der Waals surface area (Å²) in [6.45, 7) is 2.94. The minimum atomic E-state index is -0.358. The number of amides is 1. The van der Waals surface area contributed by atoms with E-state index in [9.17, 15) is 9.59 Å². The van der Waals surface area contributed by atoms with Crippen molar-refractivity contribution in [1.82, 2.24) is 20.1 Å². The number of carbonyl (C=O) groups is 1. The highest BCUT2D eigenvalue weighted by molar-refractivity contribution is 5.78. The number of nitrogens with one attached hydrogen (secondary N) is 2. The molecular formula is C13H22N4O2. The van der Waals surface area contributed by atoms with Gasteiger partial charge in [0.25, 0.3) is 0 Å². The Labute approximate surface area is 112 Å². The monoisotopic (exact) mass is 266 g/mol. The van der Waals surface area contributed by atoms with Gasteiger partial charge in [-0.25, -0.2) is 9.89 Å². The molecule has 6 nitrogen and oxygen atoms in total. The number of aromatic amines is 2. The Hall–Kier alpha value is -1.59. The van der Waals surface area contributed by atoms with E-state index in [4.69, 9.17) is 0 Å². The van der Waals surface area contributed by atoms with E-state index in [-0.39, 0.29) is 18.0 Å². The lowest BCUT2D eigenvalue weighted by Gasteiger charge is -2.28. The highest BCUT2D eigenvalue weighted by atomic mass is 16.2. The minimum Gasteiger partial charge on any atom is -0.339 e. The predicted molar refractivity (Wildman–Crippen MR) is 71.8 cm³/mol. The average molecular weight is 266 g/mol. The molecule has 0 aromatic carbocycles. The lowest BCUT2D eigenvalue weighted by molar-refractivity contribution is -0.132. The largest absolute Gasteiger partial charge is 0.340 e. The third-order valence-electron chi connectivity index (χ3n) is 3.71. The fourth-order valence-corrected chi connectivity index (χ4v) is 2.69. The van der Waals surface area contributed by atoms with Gasteiger partial charge in [-0.2, -0.15) is 5.10 Å². The standard InChI is InChI=1S/C13H22N4O2/c1-2-3-8-17(10-6-4-5-7-10)12(18)9-11-14-13(19)16-15-11/h10H,2-9H2,1H3,(H2,14,15,16,19). The molecule has 106 valence electrons. The average Bonchev–Trinajstić information content (AvgIpc) is 3.02. The summed E-state index contributed by atoms with van der Waals surface area (Å²) in [5.74, 6) is 0.498. The van der Waals surface area contributed by atoms with Gasteiger partial charge in [-0.15, -0.1) is 0 Å². The maximum Gasteiger partial charge on any atom is 0.340 e. The van der Waals surface area contributed by atoms with Gasteiger partial charge in [-0.05, 0) is 19.3 Å². The number of carbonyl (C=O) groups excluding carboxylic acids is 1. The molecule has 1 heterocycles. The van der Waals surface area contributed by atoms with E-state index in [1.165, 1.54) is 12.8 Å². The van der Waals surface area contributed by atoms with Gasteiger partial charge in [-0.3, -0.25) is 9.78 Å². The van der Waals surface area contributed by atoms with Gasteiger partial charge < -0.3 is 4.90 Å². The summed E-state index contributed by atoms with van der Waals surface area (Å²) in [6.07, 6.45) is 6.91. The number of H-pyrrole nitrogens is 2. The molecule has 6 heteroatoms. The second-order valence-corrected chi connectivity index (χ2v) is 5.18. The molecule has 0 radical (unpaired) electrons. The van der Waals surface area contributed by atoms with E-state index >= 15 is 0 Å². The van der Waals surface area contributed by atoms with Crippen LogP contribution in [0.1, 0.15) is 51.3 Å². The lowest BCUT2D eigenvalue weighted by atomic mass is 10.1. The number of nitrogens with zero attached hydrogens (tertiary/aromatic N) is 2. The molecule has 2 rings (SSSR count). The van der Waals surface area contributed by atoms with Gasteiger partial charge >= 0.3 is 5.69 Å². The first-order valence-corrected chi connectivity index (χ1v) is 7.13. The Morgan fingerprint density at radius 3 is 2.74 bits per heavy atom. The highest BCUT2D eigenvalue weighted by Gasteiger charge is 2.26. The van der Waals surface area contributed by atoms with Crippen molar-refractivity contribution in [3.8, 4) is 0 Å². The van der Waals surface area contributed by atoms with Crippen molar-refractivity contribution >= 4 is 5.91 Å². The smallest absolute Gasteiger partial charge is 0.339 e. The second kappa shape index (κ2) is 6.54. The fraction of sp³-hybridized carbons (Fsp3) is 0.769. The molecule has 1 aromatic rings. The van der Waals surface area contributed by atoms with Gasteiger partial charge in [0, 0.05) is 12.6 Å². The molecule has 0 spiro atoms.